The van der Waals surface area contributed by atoms with Gasteiger partial charge in [0.15, 0.2) is 0 Å². The predicted molar refractivity (Wildman–Crippen MR) is 91.7 cm³/mol. The maximum Gasteiger partial charge on any atom is 0.416 e. The molecule has 26 heavy (non-hydrogen) atoms. The smallest absolute Gasteiger partial charge is 0.325 e. The number of nitrogens with zero attached hydrogens (tertiary/aromatic N) is 2. The van der Waals surface area contributed by atoms with Crippen LogP contribution in [0.5, 0.6) is 0 Å². The van der Waals surface area contributed by atoms with Crippen LogP contribution in [0.15, 0.2) is 24.3 Å². The number of nitrogens with one attached hydrogen (secondary N) is 2. The summed E-state index contributed by atoms with van der Waals surface area (Å²) >= 11 is 0. The van der Waals surface area contributed by atoms with Gasteiger partial charge in [0.1, 0.15) is 0 Å². The van der Waals surface area contributed by atoms with Crippen LogP contribution in [0.3, 0.4) is 0 Å². The molecule has 0 unspecified atom stereocenters. The van der Waals surface area contributed by atoms with E-state index in [1.807, 2.05) is 18.7 Å². The van der Waals surface area contributed by atoms with Crippen LogP contribution in [-0.2, 0) is 11.0 Å². The fourth-order valence-electron chi connectivity index (χ4n) is 3.55. The molecule has 1 aliphatic rings. The highest BCUT2D eigenvalue weighted by Gasteiger charge is 2.32. The molecular weight excluding hydrogens is 345 g/mol. The largest absolute Gasteiger partial charge is 0.416 e. The van der Waals surface area contributed by atoms with Gasteiger partial charge in [0.05, 0.1) is 17.8 Å². The Hall–Kier alpha value is -2.35. The lowest BCUT2D eigenvalue weighted by Gasteiger charge is -2.24. The van der Waals surface area contributed by atoms with Crippen LogP contribution in [0, 0.1) is 13.8 Å². The number of amides is 1. The van der Waals surface area contributed by atoms with E-state index in [9.17, 15) is 18.0 Å². The van der Waals surface area contributed by atoms with Gasteiger partial charge in [-0.2, -0.15) is 18.3 Å². The third-order valence-corrected chi connectivity index (χ3v) is 4.70. The van der Waals surface area contributed by atoms with Crippen molar-refractivity contribution in [1.82, 2.24) is 15.1 Å². The highest BCUT2D eigenvalue weighted by molar-refractivity contribution is 5.92. The number of hydrogen-bond acceptors (Lipinski definition) is 3. The van der Waals surface area contributed by atoms with E-state index in [4.69, 9.17) is 0 Å². The Morgan fingerprint density at radius 1 is 1.38 bits per heavy atom. The molecule has 0 bridgehead atoms. The molecule has 0 aliphatic carbocycles. The molecular formula is C18H21F3N4O. The van der Waals surface area contributed by atoms with Crippen molar-refractivity contribution in [1.29, 1.82) is 0 Å². The van der Waals surface area contributed by atoms with E-state index in [2.05, 4.69) is 15.5 Å². The summed E-state index contributed by atoms with van der Waals surface area (Å²) in [6, 6.07) is 4.77. The normalized spacial score (nSPS) is 18.3. The summed E-state index contributed by atoms with van der Waals surface area (Å²) in [6.45, 7) is 4.78. The maximum atomic E-state index is 12.8. The summed E-state index contributed by atoms with van der Waals surface area (Å²) in [5.41, 5.74) is 2.37. The van der Waals surface area contributed by atoms with Gasteiger partial charge < -0.3 is 5.32 Å². The van der Waals surface area contributed by atoms with Gasteiger partial charge in [-0.1, -0.05) is 6.07 Å². The number of rotatable bonds is 4. The number of benzene rings is 1. The van der Waals surface area contributed by atoms with Crippen molar-refractivity contribution in [3.63, 3.8) is 0 Å². The van der Waals surface area contributed by atoms with Crippen molar-refractivity contribution in [3.8, 4) is 0 Å². The molecule has 140 valence electrons. The fourth-order valence-corrected chi connectivity index (χ4v) is 3.55. The minimum atomic E-state index is -4.43. The average molecular weight is 366 g/mol. The number of H-pyrrole nitrogens is 1. The number of aromatic nitrogens is 2. The summed E-state index contributed by atoms with van der Waals surface area (Å²) < 4.78 is 38.4. The van der Waals surface area contributed by atoms with Crippen molar-refractivity contribution in [2.45, 2.75) is 38.9 Å². The van der Waals surface area contributed by atoms with E-state index in [-0.39, 0.29) is 24.2 Å². The number of alkyl halides is 3. The number of likely N-dealkylation sites (tertiary alicyclic amines) is 1. The van der Waals surface area contributed by atoms with Crippen LogP contribution < -0.4 is 5.32 Å². The molecule has 0 saturated carbocycles. The van der Waals surface area contributed by atoms with Crippen molar-refractivity contribution in [2.24, 2.45) is 0 Å². The minimum Gasteiger partial charge on any atom is -0.325 e. The topological polar surface area (TPSA) is 61.0 Å². The Balaban J connectivity index is 1.68. The standard InChI is InChI=1S/C18H21F3N4O/c1-11-17(12(2)24-23-11)15-7-4-8-25(15)10-16(26)22-14-6-3-5-13(9-14)18(19,20)21/h3,5-6,9,15H,4,7-8,10H2,1-2H3,(H,22,26)(H,23,24)/t15-/m0/s1. The first-order valence-corrected chi connectivity index (χ1v) is 8.48. The van der Waals surface area contributed by atoms with E-state index < -0.39 is 11.7 Å². The number of carbonyl (C=O) groups is 1. The quantitative estimate of drug-likeness (QED) is 0.865. The predicted octanol–water partition coefficient (Wildman–Crippen LogP) is 3.82. The van der Waals surface area contributed by atoms with Crippen LogP contribution in [0.1, 0.15) is 41.4 Å². The Labute approximate surface area is 149 Å². The Morgan fingerprint density at radius 3 is 2.81 bits per heavy atom. The molecule has 1 aliphatic heterocycles. The van der Waals surface area contributed by atoms with Crippen molar-refractivity contribution in [3.05, 3.63) is 46.8 Å². The second-order valence-electron chi connectivity index (χ2n) is 6.60. The lowest BCUT2D eigenvalue weighted by molar-refractivity contribution is -0.137. The van der Waals surface area contributed by atoms with E-state index in [0.717, 1.165) is 48.5 Å². The molecule has 1 atom stereocenters. The summed E-state index contributed by atoms with van der Waals surface area (Å²) in [4.78, 5) is 14.4. The van der Waals surface area contributed by atoms with Gasteiger partial charge in [-0.3, -0.25) is 14.8 Å². The fraction of sp³-hybridized carbons (Fsp3) is 0.444. The van der Waals surface area contributed by atoms with Crippen molar-refractivity contribution >= 4 is 11.6 Å². The summed E-state index contributed by atoms with van der Waals surface area (Å²) in [7, 11) is 0. The van der Waals surface area contributed by atoms with E-state index >= 15 is 0 Å². The highest BCUT2D eigenvalue weighted by Crippen LogP contribution is 2.34. The van der Waals surface area contributed by atoms with Gasteiger partial charge >= 0.3 is 6.18 Å². The van der Waals surface area contributed by atoms with Crippen LogP contribution in [0.2, 0.25) is 0 Å². The summed E-state index contributed by atoms with van der Waals surface area (Å²) in [6.07, 6.45) is -2.54. The second kappa shape index (κ2) is 7.11. The number of carbonyl (C=O) groups excluding carboxylic acids is 1. The third kappa shape index (κ3) is 3.90. The minimum absolute atomic E-state index is 0.0982. The van der Waals surface area contributed by atoms with E-state index in [1.165, 1.54) is 12.1 Å². The highest BCUT2D eigenvalue weighted by atomic mass is 19.4. The molecule has 8 heteroatoms. The lowest BCUT2D eigenvalue weighted by Crippen LogP contribution is -2.33. The molecule has 0 spiro atoms. The van der Waals surface area contributed by atoms with E-state index in [0.29, 0.717) is 0 Å². The molecule has 2 aromatic rings. The molecule has 0 radical (unpaired) electrons. The van der Waals surface area contributed by atoms with Gasteiger partial charge in [-0.25, -0.2) is 0 Å². The number of anilines is 1. The second-order valence-corrected chi connectivity index (χ2v) is 6.60. The molecule has 1 saturated heterocycles. The molecule has 1 amide bonds. The Kier molecular flexibility index (Phi) is 5.04. The third-order valence-electron chi connectivity index (χ3n) is 4.70. The summed E-state index contributed by atoms with van der Waals surface area (Å²) in [5, 5.41) is 9.75. The van der Waals surface area contributed by atoms with Gasteiger partial charge in [0, 0.05) is 23.0 Å². The number of halogens is 3. The molecule has 1 fully saturated rings. The maximum absolute atomic E-state index is 12.8. The Morgan fingerprint density at radius 2 is 2.15 bits per heavy atom. The first-order chi connectivity index (χ1) is 12.3. The zero-order chi connectivity index (χ0) is 18.9. The number of aryl methyl sites for hydroxylation is 2. The number of aromatic amines is 1. The van der Waals surface area contributed by atoms with Crippen molar-refractivity contribution in [2.75, 3.05) is 18.4 Å². The van der Waals surface area contributed by atoms with Gasteiger partial charge in [-0.05, 0) is 51.4 Å². The Bertz CT molecular complexity index is 780. The summed E-state index contributed by atoms with van der Waals surface area (Å²) in [5.74, 6) is -0.324. The van der Waals surface area contributed by atoms with E-state index in [1.54, 1.807) is 0 Å². The first-order valence-electron chi connectivity index (χ1n) is 8.48. The molecule has 5 nitrogen and oxygen atoms in total. The van der Waals surface area contributed by atoms with Gasteiger partial charge in [0.2, 0.25) is 5.91 Å². The van der Waals surface area contributed by atoms with Crippen molar-refractivity contribution < 1.29 is 18.0 Å². The van der Waals surface area contributed by atoms with Crippen LogP contribution >= 0.6 is 0 Å². The van der Waals surface area contributed by atoms with Crippen LogP contribution in [-0.4, -0.2) is 34.1 Å². The van der Waals surface area contributed by atoms with Crippen LogP contribution in [0.25, 0.3) is 0 Å². The van der Waals surface area contributed by atoms with Gasteiger partial charge in [0.25, 0.3) is 0 Å². The molecule has 1 aromatic carbocycles. The average Bonchev–Trinajstić information content (AvgIpc) is 3.13. The van der Waals surface area contributed by atoms with Gasteiger partial charge in [-0.15, -0.1) is 0 Å². The zero-order valence-corrected chi connectivity index (χ0v) is 14.7. The molecule has 2 N–H and O–H groups in total. The zero-order valence-electron chi connectivity index (χ0n) is 14.7. The SMILES string of the molecule is Cc1n[nH]c(C)c1[C@@H]1CCCN1CC(=O)Nc1cccc(C(F)(F)F)c1. The monoisotopic (exact) mass is 366 g/mol. The molecule has 1 aromatic heterocycles. The number of hydrogen-bond donors (Lipinski definition) is 2. The molecule has 2 heterocycles. The lowest BCUT2D eigenvalue weighted by atomic mass is 10.0. The first kappa shape index (κ1) is 18.4. The molecule has 3 rings (SSSR count). The van der Waals surface area contributed by atoms with Crippen LogP contribution in [0.4, 0.5) is 18.9 Å².